The van der Waals surface area contributed by atoms with E-state index < -0.39 is 10.0 Å². The lowest BCUT2D eigenvalue weighted by Crippen LogP contribution is -2.50. The molecule has 0 aliphatic carbocycles. The zero-order valence-corrected chi connectivity index (χ0v) is 20.0. The first-order chi connectivity index (χ1) is 16.3. The van der Waals surface area contributed by atoms with E-state index in [1.165, 1.54) is 11.4 Å². The predicted molar refractivity (Wildman–Crippen MR) is 130 cm³/mol. The van der Waals surface area contributed by atoms with Gasteiger partial charge < -0.3 is 14.5 Å². The molecule has 1 aliphatic heterocycles. The van der Waals surface area contributed by atoms with E-state index in [-0.39, 0.29) is 17.4 Å². The zero-order chi connectivity index (χ0) is 24.1. The first-order valence-electron chi connectivity index (χ1n) is 10.9. The molecule has 34 heavy (non-hydrogen) atoms. The third kappa shape index (κ3) is 5.28. The van der Waals surface area contributed by atoms with Crippen molar-refractivity contribution in [2.45, 2.75) is 11.8 Å². The minimum atomic E-state index is -3.67. The van der Waals surface area contributed by atoms with Crippen molar-refractivity contribution in [3.05, 3.63) is 72.6 Å². The summed E-state index contributed by atoms with van der Waals surface area (Å²) < 4.78 is 32.6. The fourth-order valence-electron chi connectivity index (χ4n) is 3.61. The fraction of sp³-hybridized carbons (Fsp3) is 0.292. The van der Waals surface area contributed by atoms with Crippen molar-refractivity contribution in [2.24, 2.45) is 0 Å². The van der Waals surface area contributed by atoms with Gasteiger partial charge in [-0.25, -0.2) is 18.4 Å². The van der Waals surface area contributed by atoms with E-state index in [4.69, 9.17) is 4.74 Å². The highest BCUT2D eigenvalue weighted by molar-refractivity contribution is 7.92. The molecular formula is C24H27N5O4S. The quantitative estimate of drug-likeness (QED) is 0.511. The minimum Gasteiger partial charge on any atom is -0.484 e. The van der Waals surface area contributed by atoms with Crippen molar-refractivity contribution in [1.29, 1.82) is 0 Å². The molecule has 9 nitrogen and oxygen atoms in total. The molecule has 1 fully saturated rings. The standard InChI is InChI=1S/C24H27N5O4S/c1-19-4-10-22(11-5-19)34(31,32)27(2)20-6-8-21(9-7-20)33-18-23(30)28-14-16-29(17-15-28)24-25-12-3-13-26-24/h3-13H,14-18H2,1-2H3. The monoisotopic (exact) mass is 481 g/mol. The molecular weight excluding hydrogens is 454 g/mol. The van der Waals surface area contributed by atoms with Crippen molar-refractivity contribution in [1.82, 2.24) is 14.9 Å². The van der Waals surface area contributed by atoms with Gasteiger partial charge in [0.05, 0.1) is 10.6 Å². The van der Waals surface area contributed by atoms with Gasteiger partial charge >= 0.3 is 0 Å². The second kappa shape index (κ2) is 10.1. The van der Waals surface area contributed by atoms with Gasteiger partial charge in [0.25, 0.3) is 15.9 Å². The number of ether oxygens (including phenoxy) is 1. The summed E-state index contributed by atoms with van der Waals surface area (Å²) in [6, 6.07) is 15.1. The highest BCUT2D eigenvalue weighted by Gasteiger charge is 2.23. The number of hydrogen-bond donors (Lipinski definition) is 0. The van der Waals surface area contributed by atoms with E-state index in [1.807, 2.05) is 11.8 Å². The molecule has 0 saturated carbocycles. The molecule has 0 radical (unpaired) electrons. The van der Waals surface area contributed by atoms with Crippen LogP contribution in [0.4, 0.5) is 11.6 Å². The van der Waals surface area contributed by atoms with Crippen LogP contribution in [0.1, 0.15) is 5.56 Å². The van der Waals surface area contributed by atoms with Gasteiger partial charge in [0.2, 0.25) is 5.95 Å². The van der Waals surface area contributed by atoms with Crippen LogP contribution in [0.2, 0.25) is 0 Å². The van der Waals surface area contributed by atoms with Crippen molar-refractivity contribution in [3.63, 3.8) is 0 Å². The second-order valence-electron chi connectivity index (χ2n) is 7.98. The Bertz CT molecular complexity index is 1210. The van der Waals surface area contributed by atoms with Gasteiger partial charge in [0, 0.05) is 45.6 Å². The van der Waals surface area contributed by atoms with Gasteiger partial charge in [-0.3, -0.25) is 9.10 Å². The Balaban J connectivity index is 1.30. The number of nitrogens with zero attached hydrogens (tertiary/aromatic N) is 5. The maximum atomic E-state index is 12.9. The fourth-order valence-corrected chi connectivity index (χ4v) is 4.80. The number of benzene rings is 2. The predicted octanol–water partition coefficient (Wildman–Crippen LogP) is 2.34. The zero-order valence-electron chi connectivity index (χ0n) is 19.2. The molecule has 1 aromatic heterocycles. The van der Waals surface area contributed by atoms with Crippen LogP contribution in [0.15, 0.2) is 71.9 Å². The maximum absolute atomic E-state index is 12.9. The van der Waals surface area contributed by atoms with E-state index >= 15 is 0 Å². The third-order valence-electron chi connectivity index (χ3n) is 5.71. The number of carbonyl (C=O) groups is 1. The number of piperazine rings is 1. The molecule has 2 aromatic carbocycles. The molecule has 0 atom stereocenters. The van der Waals surface area contributed by atoms with Crippen LogP contribution in [0.5, 0.6) is 5.75 Å². The molecule has 0 bridgehead atoms. The SMILES string of the molecule is Cc1ccc(S(=O)(=O)N(C)c2ccc(OCC(=O)N3CCN(c4ncccn4)CC3)cc2)cc1. The van der Waals surface area contributed by atoms with Gasteiger partial charge in [-0.15, -0.1) is 0 Å². The minimum absolute atomic E-state index is 0.0846. The number of aryl methyl sites for hydroxylation is 1. The summed E-state index contributed by atoms with van der Waals surface area (Å²) in [5.41, 5.74) is 1.49. The first kappa shape index (κ1) is 23.5. The number of carbonyl (C=O) groups excluding carboxylic acids is 1. The van der Waals surface area contributed by atoms with Crippen molar-refractivity contribution in [3.8, 4) is 5.75 Å². The number of hydrogen-bond acceptors (Lipinski definition) is 7. The molecule has 4 rings (SSSR count). The number of amides is 1. The summed E-state index contributed by atoms with van der Waals surface area (Å²) >= 11 is 0. The topological polar surface area (TPSA) is 95.9 Å². The summed E-state index contributed by atoms with van der Waals surface area (Å²) in [7, 11) is -2.16. The Morgan fingerprint density at radius 1 is 0.971 bits per heavy atom. The number of rotatable bonds is 7. The van der Waals surface area contributed by atoms with Crippen LogP contribution in [0.25, 0.3) is 0 Å². The first-order valence-corrected chi connectivity index (χ1v) is 12.4. The van der Waals surface area contributed by atoms with E-state index in [1.54, 1.807) is 71.9 Å². The maximum Gasteiger partial charge on any atom is 0.264 e. The van der Waals surface area contributed by atoms with Gasteiger partial charge in [0.15, 0.2) is 6.61 Å². The molecule has 178 valence electrons. The van der Waals surface area contributed by atoms with E-state index in [2.05, 4.69) is 9.97 Å². The van der Waals surface area contributed by atoms with Crippen LogP contribution in [-0.2, 0) is 14.8 Å². The van der Waals surface area contributed by atoms with Gasteiger partial charge in [-0.1, -0.05) is 17.7 Å². The Labute approximate surface area is 199 Å². The molecule has 2 heterocycles. The number of aromatic nitrogens is 2. The molecule has 0 spiro atoms. The second-order valence-corrected chi connectivity index (χ2v) is 9.95. The molecule has 1 saturated heterocycles. The summed E-state index contributed by atoms with van der Waals surface area (Å²) in [6.07, 6.45) is 3.41. The Kier molecular flexibility index (Phi) is 6.97. The molecule has 1 aliphatic rings. The van der Waals surface area contributed by atoms with Crippen LogP contribution in [-0.4, -0.2) is 69.0 Å². The van der Waals surface area contributed by atoms with Crippen molar-refractivity contribution < 1.29 is 17.9 Å². The third-order valence-corrected chi connectivity index (χ3v) is 7.51. The summed E-state index contributed by atoms with van der Waals surface area (Å²) in [6.45, 7) is 4.28. The van der Waals surface area contributed by atoms with Gasteiger partial charge in [-0.05, 0) is 49.4 Å². The van der Waals surface area contributed by atoms with E-state index in [0.29, 0.717) is 43.6 Å². The van der Waals surface area contributed by atoms with Crippen LogP contribution in [0.3, 0.4) is 0 Å². The highest BCUT2D eigenvalue weighted by atomic mass is 32.2. The van der Waals surface area contributed by atoms with E-state index in [9.17, 15) is 13.2 Å². The van der Waals surface area contributed by atoms with Crippen LogP contribution < -0.4 is 13.9 Å². The normalized spacial score (nSPS) is 14.1. The molecule has 1 amide bonds. The Morgan fingerprint density at radius 2 is 1.59 bits per heavy atom. The van der Waals surface area contributed by atoms with E-state index in [0.717, 1.165) is 5.56 Å². The molecule has 0 unspecified atom stereocenters. The molecule has 0 N–H and O–H groups in total. The van der Waals surface area contributed by atoms with Gasteiger partial charge in [-0.2, -0.15) is 0 Å². The van der Waals surface area contributed by atoms with Crippen LogP contribution in [0, 0.1) is 6.92 Å². The smallest absolute Gasteiger partial charge is 0.264 e. The lowest BCUT2D eigenvalue weighted by atomic mass is 10.2. The van der Waals surface area contributed by atoms with Crippen LogP contribution >= 0.6 is 0 Å². The largest absolute Gasteiger partial charge is 0.484 e. The Morgan fingerprint density at radius 3 is 2.21 bits per heavy atom. The Hall–Kier alpha value is -3.66. The summed E-state index contributed by atoms with van der Waals surface area (Å²) in [5, 5.41) is 0. The lowest BCUT2D eigenvalue weighted by Gasteiger charge is -2.34. The van der Waals surface area contributed by atoms with Gasteiger partial charge in [0.1, 0.15) is 5.75 Å². The molecule has 3 aromatic rings. The van der Waals surface area contributed by atoms with Crippen molar-refractivity contribution in [2.75, 3.05) is 49.0 Å². The average Bonchev–Trinajstić information content (AvgIpc) is 2.88. The highest BCUT2D eigenvalue weighted by Crippen LogP contribution is 2.24. The summed E-state index contributed by atoms with van der Waals surface area (Å²) in [4.78, 5) is 25.1. The molecule has 10 heteroatoms. The average molecular weight is 482 g/mol. The number of sulfonamides is 1. The van der Waals surface area contributed by atoms with Crippen molar-refractivity contribution >= 4 is 27.6 Å². The summed E-state index contributed by atoms with van der Waals surface area (Å²) in [5.74, 6) is 1.06. The lowest BCUT2D eigenvalue weighted by molar-refractivity contribution is -0.133. The number of anilines is 2.